The van der Waals surface area contributed by atoms with E-state index < -0.39 is 0 Å². The maximum Gasteiger partial charge on any atom is 0.247 e. The fourth-order valence-corrected chi connectivity index (χ4v) is 5.13. The molecule has 1 amide bonds. The minimum atomic E-state index is 0.0565. The lowest BCUT2D eigenvalue weighted by Gasteiger charge is -2.28. The van der Waals surface area contributed by atoms with Gasteiger partial charge in [-0.25, -0.2) is 0 Å². The van der Waals surface area contributed by atoms with Gasteiger partial charge in [-0.05, 0) is 62.3 Å². The van der Waals surface area contributed by atoms with Crippen LogP contribution in [0, 0.1) is 6.92 Å². The molecule has 0 saturated heterocycles. The molecular formula is C27H29NO3. The van der Waals surface area contributed by atoms with Crippen molar-refractivity contribution in [1.82, 2.24) is 4.90 Å². The molecule has 31 heavy (non-hydrogen) atoms. The Morgan fingerprint density at radius 1 is 1.13 bits per heavy atom. The third-order valence-electron chi connectivity index (χ3n) is 6.84. The number of methoxy groups -OCH3 is 1. The monoisotopic (exact) mass is 415 g/mol. The smallest absolute Gasteiger partial charge is 0.247 e. The van der Waals surface area contributed by atoms with E-state index in [1.54, 1.807) is 13.2 Å². The van der Waals surface area contributed by atoms with E-state index in [1.165, 1.54) is 34.9 Å². The van der Waals surface area contributed by atoms with E-state index in [0.717, 1.165) is 59.6 Å². The largest absolute Gasteiger partial charge is 0.496 e. The first-order valence-electron chi connectivity index (χ1n) is 11.2. The second-order valence-corrected chi connectivity index (χ2v) is 8.78. The van der Waals surface area contributed by atoms with Crippen LogP contribution < -0.4 is 4.74 Å². The molecule has 0 saturated carbocycles. The number of ether oxygens (including phenoxy) is 1. The van der Waals surface area contributed by atoms with E-state index in [-0.39, 0.29) is 5.91 Å². The maximum atomic E-state index is 13.1. The molecule has 0 atom stereocenters. The number of furan rings is 1. The van der Waals surface area contributed by atoms with E-state index in [4.69, 9.17) is 9.15 Å². The van der Waals surface area contributed by atoms with Gasteiger partial charge in [-0.2, -0.15) is 0 Å². The summed E-state index contributed by atoms with van der Waals surface area (Å²) >= 11 is 0. The first kappa shape index (κ1) is 19.9. The van der Waals surface area contributed by atoms with E-state index in [9.17, 15) is 4.79 Å². The van der Waals surface area contributed by atoms with Gasteiger partial charge in [0, 0.05) is 47.7 Å². The van der Waals surface area contributed by atoms with Gasteiger partial charge in [-0.3, -0.25) is 4.79 Å². The second kappa shape index (κ2) is 7.92. The molecule has 4 heteroatoms. The number of carbonyl (C=O) groups is 1. The van der Waals surface area contributed by atoms with Crippen LogP contribution in [0.15, 0.2) is 40.8 Å². The van der Waals surface area contributed by atoms with Crippen molar-refractivity contribution in [2.75, 3.05) is 13.7 Å². The molecule has 1 aliphatic heterocycles. The van der Waals surface area contributed by atoms with Crippen molar-refractivity contribution in [2.24, 2.45) is 0 Å². The number of nitrogens with zero attached hydrogens (tertiary/aromatic N) is 1. The number of fused-ring (bicyclic) bond motifs is 4. The minimum absolute atomic E-state index is 0.0565. The molecule has 160 valence electrons. The Balaban J connectivity index is 1.51. The van der Waals surface area contributed by atoms with Crippen LogP contribution in [0.1, 0.15) is 53.3 Å². The lowest BCUT2D eigenvalue weighted by molar-refractivity contribution is -0.126. The average molecular weight is 416 g/mol. The van der Waals surface area contributed by atoms with Crippen LogP contribution >= 0.6 is 0 Å². The molecule has 2 aliphatic rings. The fraction of sp³-hybridized carbons (Fsp3) is 0.370. The predicted octanol–water partition coefficient (Wildman–Crippen LogP) is 5.62. The van der Waals surface area contributed by atoms with Gasteiger partial charge in [0.05, 0.1) is 7.11 Å². The predicted molar refractivity (Wildman–Crippen MR) is 123 cm³/mol. The number of carbonyl (C=O) groups excluding carboxylic acids is 1. The van der Waals surface area contributed by atoms with Crippen LogP contribution in [-0.4, -0.2) is 24.5 Å². The highest BCUT2D eigenvalue weighted by atomic mass is 16.5. The minimum Gasteiger partial charge on any atom is -0.496 e. The normalized spacial score (nSPS) is 16.2. The summed E-state index contributed by atoms with van der Waals surface area (Å²) in [5.74, 6) is 1.97. The van der Waals surface area contributed by atoms with Gasteiger partial charge in [-0.15, -0.1) is 0 Å². The molecule has 4 nitrogen and oxygen atoms in total. The van der Waals surface area contributed by atoms with E-state index in [2.05, 4.69) is 31.2 Å². The van der Waals surface area contributed by atoms with Crippen molar-refractivity contribution in [1.29, 1.82) is 0 Å². The molecule has 2 aromatic carbocycles. The summed E-state index contributed by atoms with van der Waals surface area (Å²) in [6.07, 6.45) is 7.12. The Hall–Kier alpha value is -3.01. The Bertz CT molecular complexity index is 1200. The van der Waals surface area contributed by atoms with E-state index in [0.29, 0.717) is 6.54 Å². The van der Waals surface area contributed by atoms with Gasteiger partial charge in [0.15, 0.2) is 0 Å². The lowest BCUT2D eigenvalue weighted by atomic mass is 9.92. The van der Waals surface area contributed by atoms with Crippen LogP contribution in [-0.2, 0) is 30.6 Å². The number of rotatable bonds is 3. The first-order valence-corrected chi connectivity index (χ1v) is 11.2. The molecular weight excluding hydrogens is 386 g/mol. The molecule has 0 bridgehead atoms. The van der Waals surface area contributed by atoms with Crippen LogP contribution in [0.5, 0.6) is 5.75 Å². The quantitative estimate of drug-likeness (QED) is 0.522. The van der Waals surface area contributed by atoms with Crippen molar-refractivity contribution in [3.05, 3.63) is 70.0 Å². The number of hydrogen-bond donors (Lipinski definition) is 0. The number of hydrogen-bond acceptors (Lipinski definition) is 3. The van der Waals surface area contributed by atoms with Crippen molar-refractivity contribution < 1.29 is 13.9 Å². The van der Waals surface area contributed by atoms with Gasteiger partial charge in [0.25, 0.3) is 0 Å². The highest BCUT2D eigenvalue weighted by molar-refractivity contribution is 5.98. The molecule has 0 unspecified atom stereocenters. The van der Waals surface area contributed by atoms with E-state index in [1.807, 2.05) is 17.9 Å². The summed E-state index contributed by atoms with van der Waals surface area (Å²) in [7, 11) is 1.69. The number of allylic oxidation sites excluding steroid dienone is 1. The molecule has 5 rings (SSSR count). The topological polar surface area (TPSA) is 42.7 Å². The Morgan fingerprint density at radius 2 is 1.90 bits per heavy atom. The first-order chi connectivity index (χ1) is 15.1. The van der Waals surface area contributed by atoms with Crippen LogP contribution in [0.25, 0.3) is 16.5 Å². The Kier molecular flexibility index (Phi) is 5.09. The Morgan fingerprint density at radius 3 is 2.71 bits per heavy atom. The van der Waals surface area contributed by atoms with Crippen LogP contribution in [0.2, 0.25) is 0 Å². The maximum absolute atomic E-state index is 13.1. The summed E-state index contributed by atoms with van der Waals surface area (Å²) in [5, 5.41) is 1.18. The SMILES string of the molecule is COc1c(/C(C)=C/C(=O)N2CCc3ccccc3C2)cc2c3c(oc2c1C)CCCC3. The zero-order valence-corrected chi connectivity index (χ0v) is 18.6. The molecule has 0 N–H and O–H groups in total. The molecule has 3 aromatic rings. The third kappa shape index (κ3) is 3.44. The Labute approximate surface area is 183 Å². The van der Waals surface area contributed by atoms with Crippen LogP contribution in [0.4, 0.5) is 0 Å². The highest BCUT2D eigenvalue weighted by Crippen LogP contribution is 2.41. The molecule has 0 spiro atoms. The van der Waals surface area contributed by atoms with Gasteiger partial charge in [-0.1, -0.05) is 24.3 Å². The molecule has 0 radical (unpaired) electrons. The van der Waals surface area contributed by atoms with Gasteiger partial charge < -0.3 is 14.1 Å². The summed E-state index contributed by atoms with van der Waals surface area (Å²) in [6, 6.07) is 10.6. The summed E-state index contributed by atoms with van der Waals surface area (Å²) in [5.41, 5.74) is 7.77. The zero-order chi connectivity index (χ0) is 21.5. The van der Waals surface area contributed by atoms with Crippen molar-refractivity contribution in [3.63, 3.8) is 0 Å². The standard InChI is InChI=1S/C27H29NO3/c1-17(14-25(29)28-13-12-19-8-4-5-9-20(19)16-28)22-15-23-21-10-6-7-11-24(21)31-27(23)18(2)26(22)30-3/h4-5,8-9,14-15H,6-7,10-13,16H2,1-3H3/b17-14+. The fourth-order valence-electron chi connectivity index (χ4n) is 5.13. The summed E-state index contributed by atoms with van der Waals surface area (Å²) < 4.78 is 12.0. The lowest BCUT2D eigenvalue weighted by Crippen LogP contribution is -2.34. The van der Waals surface area contributed by atoms with Crippen molar-refractivity contribution in [2.45, 2.75) is 52.5 Å². The average Bonchev–Trinajstić information content (AvgIpc) is 3.17. The van der Waals surface area contributed by atoms with Gasteiger partial charge >= 0.3 is 0 Å². The van der Waals surface area contributed by atoms with Crippen molar-refractivity contribution in [3.8, 4) is 5.75 Å². The third-order valence-corrected chi connectivity index (χ3v) is 6.84. The number of aryl methyl sites for hydroxylation is 3. The second-order valence-electron chi connectivity index (χ2n) is 8.78. The number of amides is 1. The molecule has 1 aliphatic carbocycles. The summed E-state index contributed by atoms with van der Waals surface area (Å²) in [6.45, 7) is 5.48. The zero-order valence-electron chi connectivity index (χ0n) is 18.6. The number of benzene rings is 2. The molecule has 0 fully saturated rings. The molecule has 1 aromatic heterocycles. The van der Waals surface area contributed by atoms with Crippen LogP contribution in [0.3, 0.4) is 0 Å². The van der Waals surface area contributed by atoms with Crippen molar-refractivity contribution >= 4 is 22.4 Å². The van der Waals surface area contributed by atoms with E-state index >= 15 is 0 Å². The van der Waals surface area contributed by atoms with Gasteiger partial charge in [0.2, 0.25) is 5.91 Å². The van der Waals surface area contributed by atoms with Gasteiger partial charge in [0.1, 0.15) is 17.1 Å². The molecule has 2 heterocycles. The summed E-state index contributed by atoms with van der Waals surface area (Å²) in [4.78, 5) is 15.0. The highest BCUT2D eigenvalue weighted by Gasteiger charge is 2.24.